The van der Waals surface area contributed by atoms with Crippen LogP contribution >= 0.6 is 0 Å². The van der Waals surface area contributed by atoms with E-state index in [1.807, 2.05) is 6.92 Å². The molecule has 5 heteroatoms. The summed E-state index contributed by atoms with van der Waals surface area (Å²) in [6, 6.07) is 0. The number of carbonyl (C=O) groups is 1. The van der Waals surface area contributed by atoms with Crippen molar-refractivity contribution in [2.75, 3.05) is 0 Å². The molecular weight excluding hydrogens is 440 g/mol. The number of aliphatic hydroxyl groups is 3. The van der Waals surface area contributed by atoms with E-state index in [-0.39, 0.29) is 45.3 Å². The highest BCUT2D eigenvalue weighted by Gasteiger charge is 2.71. The topological polar surface area (TPSA) is 98.0 Å². The van der Waals surface area contributed by atoms with Gasteiger partial charge in [0.1, 0.15) is 0 Å². The molecule has 1 unspecified atom stereocenters. The van der Waals surface area contributed by atoms with E-state index in [4.69, 9.17) is 0 Å². The molecule has 0 heterocycles. The maximum absolute atomic E-state index is 12.8. The van der Waals surface area contributed by atoms with E-state index in [9.17, 15) is 25.2 Å². The van der Waals surface area contributed by atoms with E-state index in [2.05, 4.69) is 40.7 Å². The Hall–Kier alpha value is -0.910. The molecule has 0 amide bonds. The van der Waals surface area contributed by atoms with Gasteiger partial charge in [0, 0.05) is 0 Å². The first-order chi connectivity index (χ1) is 16.2. The van der Waals surface area contributed by atoms with Crippen molar-refractivity contribution in [3.8, 4) is 0 Å². The molecule has 11 atom stereocenters. The zero-order chi connectivity index (χ0) is 25.8. The standard InChI is InChI=1S/C30H48O5/c1-7-30-13-12-29(25(34)35)11-10-26(3,4)14-19(29)18(30)8-9-22-27(5)15-21(32)24(33)17(2)23(27)20(31)16-28(22,30)6/h8,17,19-24,31-33H,7,9-16H2,1-6H3,(H,34,35)/t17-,19+,20-,21+,22-,23-,24-,27-,28-,29+,30?/m1/s1. The Bertz CT molecular complexity index is 926. The lowest BCUT2D eigenvalue weighted by atomic mass is 9.33. The minimum Gasteiger partial charge on any atom is -0.481 e. The van der Waals surface area contributed by atoms with Gasteiger partial charge < -0.3 is 20.4 Å². The highest BCUT2D eigenvalue weighted by Crippen LogP contribution is 2.75. The van der Waals surface area contributed by atoms with Crippen LogP contribution in [0.25, 0.3) is 0 Å². The smallest absolute Gasteiger partial charge is 0.310 e. The molecule has 0 aromatic rings. The summed E-state index contributed by atoms with van der Waals surface area (Å²) in [6.07, 6.45) is 7.55. The average Bonchev–Trinajstić information content (AvgIpc) is 2.76. The first kappa shape index (κ1) is 25.7. The monoisotopic (exact) mass is 488 g/mol. The lowest BCUT2D eigenvalue weighted by Crippen LogP contribution is -2.68. The summed E-state index contributed by atoms with van der Waals surface area (Å²) in [6.45, 7) is 13.5. The highest BCUT2D eigenvalue weighted by atomic mass is 16.4. The van der Waals surface area contributed by atoms with Crippen LogP contribution in [0.15, 0.2) is 11.6 Å². The number of allylic oxidation sites excluding steroid dienone is 2. The Balaban J connectivity index is 1.65. The molecule has 4 N–H and O–H groups in total. The third-order valence-corrected chi connectivity index (χ3v) is 12.8. The summed E-state index contributed by atoms with van der Waals surface area (Å²) < 4.78 is 0. The lowest BCUT2D eigenvalue weighted by Gasteiger charge is -2.71. The van der Waals surface area contributed by atoms with Gasteiger partial charge in [-0.05, 0) is 103 Å². The van der Waals surface area contributed by atoms with Crippen LogP contribution in [-0.2, 0) is 4.79 Å². The van der Waals surface area contributed by atoms with Crippen molar-refractivity contribution < 1.29 is 25.2 Å². The number of hydrogen-bond acceptors (Lipinski definition) is 4. The molecule has 5 nitrogen and oxygen atoms in total. The Morgan fingerprint density at radius 2 is 1.63 bits per heavy atom. The number of rotatable bonds is 2. The summed E-state index contributed by atoms with van der Waals surface area (Å²) >= 11 is 0. The number of carboxylic acids is 1. The maximum atomic E-state index is 12.8. The molecule has 35 heavy (non-hydrogen) atoms. The zero-order valence-corrected chi connectivity index (χ0v) is 22.7. The molecule has 5 rings (SSSR count). The molecule has 0 bridgehead atoms. The molecule has 0 aromatic carbocycles. The van der Waals surface area contributed by atoms with Gasteiger partial charge in [0.05, 0.1) is 23.7 Å². The number of aliphatic carboxylic acids is 1. The van der Waals surface area contributed by atoms with Gasteiger partial charge in [0.25, 0.3) is 0 Å². The Morgan fingerprint density at radius 1 is 0.971 bits per heavy atom. The number of hydrogen-bond donors (Lipinski definition) is 4. The fourth-order valence-corrected chi connectivity index (χ4v) is 11.1. The van der Waals surface area contributed by atoms with Gasteiger partial charge in [0.2, 0.25) is 0 Å². The van der Waals surface area contributed by atoms with E-state index in [0.717, 1.165) is 38.5 Å². The van der Waals surface area contributed by atoms with Crippen LogP contribution in [0.2, 0.25) is 0 Å². The van der Waals surface area contributed by atoms with E-state index in [0.29, 0.717) is 19.3 Å². The van der Waals surface area contributed by atoms with Crippen molar-refractivity contribution in [2.24, 2.45) is 50.7 Å². The van der Waals surface area contributed by atoms with Crippen LogP contribution in [0.5, 0.6) is 0 Å². The van der Waals surface area contributed by atoms with Gasteiger partial charge in [-0.1, -0.05) is 53.2 Å². The molecule has 0 aliphatic heterocycles. The van der Waals surface area contributed by atoms with Crippen molar-refractivity contribution in [3.63, 3.8) is 0 Å². The average molecular weight is 489 g/mol. The maximum Gasteiger partial charge on any atom is 0.310 e. The van der Waals surface area contributed by atoms with Crippen molar-refractivity contribution in [1.82, 2.24) is 0 Å². The summed E-state index contributed by atoms with van der Waals surface area (Å²) in [5, 5.41) is 43.8. The normalized spacial score (nSPS) is 55.0. The van der Waals surface area contributed by atoms with E-state index in [1.54, 1.807) is 0 Å². The predicted octanol–water partition coefficient (Wildman–Crippen LogP) is 5.18. The largest absolute Gasteiger partial charge is 0.481 e. The van der Waals surface area contributed by atoms with Gasteiger partial charge in [-0.3, -0.25) is 4.79 Å². The van der Waals surface area contributed by atoms with Gasteiger partial charge in [-0.15, -0.1) is 0 Å². The molecule has 0 aromatic heterocycles. The molecular formula is C30H48O5. The Kier molecular flexibility index (Phi) is 5.73. The fraction of sp³-hybridized carbons (Fsp3) is 0.900. The summed E-state index contributed by atoms with van der Waals surface area (Å²) in [5.41, 5.74) is 0.251. The summed E-state index contributed by atoms with van der Waals surface area (Å²) in [5.74, 6) is -0.486. The molecule has 4 saturated carbocycles. The van der Waals surface area contributed by atoms with E-state index < -0.39 is 29.7 Å². The third kappa shape index (κ3) is 3.13. The zero-order valence-electron chi connectivity index (χ0n) is 22.7. The summed E-state index contributed by atoms with van der Waals surface area (Å²) in [7, 11) is 0. The first-order valence-electron chi connectivity index (χ1n) is 14.2. The molecule has 5 aliphatic rings. The second-order valence-electron chi connectivity index (χ2n) is 14.6. The van der Waals surface area contributed by atoms with Crippen molar-refractivity contribution in [2.45, 2.75) is 118 Å². The molecule has 0 saturated heterocycles. The molecule has 4 fully saturated rings. The fourth-order valence-electron chi connectivity index (χ4n) is 11.1. The Morgan fingerprint density at radius 3 is 2.26 bits per heavy atom. The van der Waals surface area contributed by atoms with Gasteiger partial charge >= 0.3 is 5.97 Å². The summed E-state index contributed by atoms with van der Waals surface area (Å²) in [4.78, 5) is 12.8. The second kappa shape index (κ2) is 7.80. The molecule has 0 spiro atoms. The lowest BCUT2D eigenvalue weighted by molar-refractivity contribution is -0.242. The number of aliphatic hydroxyl groups excluding tert-OH is 3. The SMILES string of the molecule is CCC12CC[C@@]3(C(=O)O)CCC(C)(C)C[C@H]3C1=CC[C@@H]1[C@@]3(C)C[C@H](O)[C@H](O)[C@H](C)[C@@H]3[C@H](O)C[C@]12C. The van der Waals surface area contributed by atoms with Crippen molar-refractivity contribution in [3.05, 3.63) is 11.6 Å². The van der Waals surface area contributed by atoms with Gasteiger partial charge in [0.15, 0.2) is 0 Å². The number of fused-ring (bicyclic) bond motifs is 7. The van der Waals surface area contributed by atoms with E-state index in [1.165, 1.54) is 5.57 Å². The van der Waals surface area contributed by atoms with Gasteiger partial charge in [-0.2, -0.15) is 0 Å². The minimum atomic E-state index is -0.794. The van der Waals surface area contributed by atoms with E-state index >= 15 is 0 Å². The van der Waals surface area contributed by atoms with Crippen LogP contribution in [0.3, 0.4) is 0 Å². The molecule has 0 radical (unpaired) electrons. The quantitative estimate of drug-likeness (QED) is 0.402. The second-order valence-corrected chi connectivity index (χ2v) is 14.6. The van der Waals surface area contributed by atoms with Crippen molar-refractivity contribution >= 4 is 5.97 Å². The third-order valence-electron chi connectivity index (χ3n) is 12.8. The molecule has 5 aliphatic carbocycles. The van der Waals surface area contributed by atoms with Crippen LogP contribution in [0.4, 0.5) is 0 Å². The Labute approximate surface area is 211 Å². The van der Waals surface area contributed by atoms with Crippen molar-refractivity contribution in [1.29, 1.82) is 0 Å². The minimum absolute atomic E-state index is 0.0434. The van der Waals surface area contributed by atoms with Crippen LogP contribution < -0.4 is 0 Å². The van der Waals surface area contributed by atoms with Gasteiger partial charge in [-0.25, -0.2) is 0 Å². The highest BCUT2D eigenvalue weighted by molar-refractivity contribution is 5.76. The first-order valence-corrected chi connectivity index (χ1v) is 14.2. The van der Waals surface area contributed by atoms with Crippen LogP contribution in [-0.4, -0.2) is 44.7 Å². The van der Waals surface area contributed by atoms with Crippen LogP contribution in [0, 0.1) is 50.7 Å². The number of carboxylic acid groups (broad SMARTS) is 1. The van der Waals surface area contributed by atoms with Crippen LogP contribution in [0.1, 0.15) is 99.3 Å². The predicted molar refractivity (Wildman–Crippen MR) is 135 cm³/mol. The molecule has 198 valence electrons.